The molecule has 5 heteroatoms. The van der Waals surface area contributed by atoms with Crippen molar-refractivity contribution < 1.29 is 15.0 Å². The number of nitrogens with two attached hydrogens (primary N) is 1. The van der Waals surface area contributed by atoms with Crippen LogP contribution in [0.4, 0.5) is 0 Å². The van der Waals surface area contributed by atoms with Crippen LogP contribution < -0.4 is 5.73 Å². The lowest BCUT2D eigenvalue weighted by Gasteiger charge is -2.22. The molecular formula is C7H16N2O3. The Labute approximate surface area is 71.8 Å². The number of carbonyl (C=O) groups excluding carboxylic acids is 1. The maximum absolute atomic E-state index is 11.2. The highest BCUT2D eigenvalue weighted by molar-refractivity contribution is 5.81. The number of rotatable bonds is 5. The maximum Gasteiger partial charge on any atom is 0.239 e. The van der Waals surface area contributed by atoms with Crippen molar-refractivity contribution in [1.29, 1.82) is 0 Å². The highest BCUT2D eigenvalue weighted by Crippen LogP contribution is 1.91. The van der Waals surface area contributed by atoms with Crippen molar-refractivity contribution in [3.8, 4) is 0 Å². The molecule has 0 radical (unpaired) electrons. The molecule has 0 spiro atoms. The van der Waals surface area contributed by atoms with E-state index in [1.165, 1.54) is 4.90 Å². The van der Waals surface area contributed by atoms with E-state index < -0.39 is 6.04 Å². The second-order valence-corrected chi connectivity index (χ2v) is 2.56. The number of carbonyl (C=O) groups is 1. The predicted octanol–water partition coefficient (Wildman–Crippen LogP) is -1.85. The van der Waals surface area contributed by atoms with Gasteiger partial charge in [0.2, 0.25) is 5.91 Å². The Morgan fingerprint density at radius 1 is 1.42 bits per heavy atom. The second-order valence-electron chi connectivity index (χ2n) is 2.56. The van der Waals surface area contributed by atoms with Crippen molar-refractivity contribution >= 4 is 5.91 Å². The fourth-order valence-electron chi connectivity index (χ4n) is 0.862. The first-order chi connectivity index (χ1) is 5.63. The first-order valence-corrected chi connectivity index (χ1v) is 3.89. The molecule has 0 heterocycles. The number of hydrogen-bond acceptors (Lipinski definition) is 4. The van der Waals surface area contributed by atoms with Crippen molar-refractivity contribution in [3.05, 3.63) is 0 Å². The molecule has 0 fully saturated rings. The fraction of sp³-hybridized carbons (Fsp3) is 0.857. The molecule has 0 aliphatic rings. The third-order valence-electron chi connectivity index (χ3n) is 1.44. The number of aliphatic hydroxyl groups is 2. The molecule has 4 N–H and O–H groups in total. The van der Waals surface area contributed by atoms with Gasteiger partial charge in [0, 0.05) is 13.1 Å². The van der Waals surface area contributed by atoms with Crippen LogP contribution in [0.3, 0.4) is 0 Å². The van der Waals surface area contributed by atoms with E-state index in [0.29, 0.717) is 0 Å². The Morgan fingerprint density at radius 3 is 2.08 bits per heavy atom. The van der Waals surface area contributed by atoms with E-state index in [2.05, 4.69) is 0 Å². The maximum atomic E-state index is 11.2. The van der Waals surface area contributed by atoms with E-state index in [-0.39, 0.29) is 32.2 Å². The first kappa shape index (κ1) is 11.4. The molecule has 72 valence electrons. The van der Waals surface area contributed by atoms with Crippen LogP contribution in [0.15, 0.2) is 0 Å². The van der Waals surface area contributed by atoms with E-state index in [9.17, 15) is 4.79 Å². The molecule has 0 unspecified atom stereocenters. The van der Waals surface area contributed by atoms with Crippen molar-refractivity contribution in [1.82, 2.24) is 4.90 Å². The van der Waals surface area contributed by atoms with Gasteiger partial charge in [-0.1, -0.05) is 0 Å². The quantitative estimate of drug-likeness (QED) is 0.459. The average molecular weight is 176 g/mol. The second kappa shape index (κ2) is 5.93. The van der Waals surface area contributed by atoms with Crippen LogP contribution >= 0.6 is 0 Å². The molecule has 0 bridgehead atoms. The summed E-state index contributed by atoms with van der Waals surface area (Å²) in [6, 6.07) is -0.580. The smallest absolute Gasteiger partial charge is 0.239 e. The standard InChI is InChI=1S/C7H16N2O3/c1-6(8)7(12)9(2-4-10)3-5-11/h6,10-11H,2-5,8H2,1H3/t6-/m1/s1. The summed E-state index contributed by atoms with van der Waals surface area (Å²) in [6.45, 7) is 1.79. The van der Waals surface area contributed by atoms with Crippen LogP contribution in [0, 0.1) is 0 Å². The molecule has 0 saturated heterocycles. The van der Waals surface area contributed by atoms with Gasteiger partial charge in [0.05, 0.1) is 19.3 Å². The van der Waals surface area contributed by atoms with E-state index in [1.807, 2.05) is 0 Å². The molecule has 0 rings (SSSR count). The van der Waals surface area contributed by atoms with E-state index in [0.717, 1.165) is 0 Å². The largest absolute Gasteiger partial charge is 0.395 e. The zero-order chi connectivity index (χ0) is 9.56. The van der Waals surface area contributed by atoms with Crippen LogP contribution in [0.1, 0.15) is 6.92 Å². The van der Waals surface area contributed by atoms with Crippen molar-refractivity contribution in [2.45, 2.75) is 13.0 Å². The topological polar surface area (TPSA) is 86.8 Å². The van der Waals surface area contributed by atoms with E-state index >= 15 is 0 Å². The summed E-state index contributed by atoms with van der Waals surface area (Å²) in [5.41, 5.74) is 5.34. The summed E-state index contributed by atoms with van der Waals surface area (Å²) in [4.78, 5) is 12.5. The predicted molar refractivity (Wildman–Crippen MR) is 44.4 cm³/mol. The minimum atomic E-state index is -0.580. The minimum absolute atomic E-state index is 0.113. The molecule has 1 atom stereocenters. The Hall–Kier alpha value is -0.650. The molecular weight excluding hydrogens is 160 g/mol. The summed E-state index contributed by atoms with van der Waals surface area (Å²) in [5.74, 6) is -0.252. The zero-order valence-electron chi connectivity index (χ0n) is 7.23. The summed E-state index contributed by atoms with van der Waals surface area (Å²) >= 11 is 0. The van der Waals surface area contributed by atoms with Gasteiger partial charge in [0.15, 0.2) is 0 Å². The highest BCUT2D eigenvalue weighted by Gasteiger charge is 2.15. The molecule has 5 nitrogen and oxygen atoms in total. The number of nitrogens with zero attached hydrogens (tertiary/aromatic N) is 1. The van der Waals surface area contributed by atoms with Gasteiger partial charge in [-0.25, -0.2) is 0 Å². The van der Waals surface area contributed by atoms with Gasteiger partial charge in [0.1, 0.15) is 0 Å². The van der Waals surface area contributed by atoms with Crippen LogP contribution in [-0.2, 0) is 4.79 Å². The van der Waals surface area contributed by atoms with Crippen molar-refractivity contribution in [2.75, 3.05) is 26.3 Å². The van der Waals surface area contributed by atoms with Crippen LogP contribution in [-0.4, -0.2) is 53.4 Å². The van der Waals surface area contributed by atoms with Crippen LogP contribution in [0.25, 0.3) is 0 Å². The zero-order valence-corrected chi connectivity index (χ0v) is 7.23. The summed E-state index contributed by atoms with van der Waals surface area (Å²) in [6.07, 6.45) is 0. The van der Waals surface area contributed by atoms with Gasteiger partial charge < -0.3 is 20.8 Å². The van der Waals surface area contributed by atoms with Crippen LogP contribution in [0.2, 0.25) is 0 Å². The van der Waals surface area contributed by atoms with Gasteiger partial charge in [-0.3, -0.25) is 4.79 Å². The number of amides is 1. The molecule has 0 aromatic rings. The fourth-order valence-corrected chi connectivity index (χ4v) is 0.862. The SMILES string of the molecule is C[C@@H](N)C(=O)N(CCO)CCO. The first-order valence-electron chi connectivity index (χ1n) is 3.89. The third kappa shape index (κ3) is 3.66. The molecule has 0 aromatic carbocycles. The van der Waals surface area contributed by atoms with Gasteiger partial charge in [-0.05, 0) is 6.92 Å². The lowest BCUT2D eigenvalue weighted by atomic mass is 10.3. The lowest BCUT2D eigenvalue weighted by Crippen LogP contribution is -2.44. The normalized spacial score (nSPS) is 12.7. The van der Waals surface area contributed by atoms with E-state index in [1.54, 1.807) is 6.92 Å². The molecule has 0 saturated carbocycles. The van der Waals surface area contributed by atoms with Gasteiger partial charge >= 0.3 is 0 Å². The Balaban J connectivity index is 3.99. The summed E-state index contributed by atoms with van der Waals surface area (Å²) < 4.78 is 0. The minimum Gasteiger partial charge on any atom is -0.395 e. The summed E-state index contributed by atoms with van der Waals surface area (Å²) in [7, 11) is 0. The highest BCUT2D eigenvalue weighted by atomic mass is 16.3. The average Bonchev–Trinajstić information content (AvgIpc) is 2.03. The van der Waals surface area contributed by atoms with Crippen molar-refractivity contribution in [2.24, 2.45) is 5.73 Å². The molecule has 0 aliphatic heterocycles. The monoisotopic (exact) mass is 176 g/mol. The van der Waals surface area contributed by atoms with Crippen molar-refractivity contribution in [3.63, 3.8) is 0 Å². The van der Waals surface area contributed by atoms with Gasteiger partial charge in [0.25, 0.3) is 0 Å². The van der Waals surface area contributed by atoms with Crippen LogP contribution in [0.5, 0.6) is 0 Å². The molecule has 1 amide bonds. The number of aliphatic hydroxyl groups excluding tert-OH is 2. The lowest BCUT2D eigenvalue weighted by molar-refractivity contribution is -0.133. The Bertz CT molecular complexity index is 133. The third-order valence-corrected chi connectivity index (χ3v) is 1.44. The van der Waals surface area contributed by atoms with Gasteiger partial charge in [-0.2, -0.15) is 0 Å². The number of hydrogen-bond donors (Lipinski definition) is 3. The van der Waals surface area contributed by atoms with E-state index in [4.69, 9.17) is 15.9 Å². The Morgan fingerprint density at radius 2 is 1.83 bits per heavy atom. The molecule has 0 aliphatic carbocycles. The summed E-state index contributed by atoms with van der Waals surface area (Å²) in [5, 5.41) is 17.2. The van der Waals surface area contributed by atoms with Gasteiger partial charge in [-0.15, -0.1) is 0 Å². The molecule has 0 aromatic heterocycles. The molecule has 12 heavy (non-hydrogen) atoms. The Kier molecular flexibility index (Phi) is 5.61.